The third-order valence-electron chi connectivity index (χ3n) is 2.45. The van der Waals surface area contributed by atoms with E-state index >= 15 is 0 Å². The zero-order valence-corrected chi connectivity index (χ0v) is 8.28. The molecule has 0 aromatic rings. The molecule has 6 N–H and O–H groups in total. The SMILES string of the molecule is CO[C@@H]1O[C@H](C[OH2+])[C@@H](O)[C@H](O)[C@@H](O)[C@H]1O. The first kappa shape index (κ1) is 12.8. The average molecular weight is 225 g/mol. The van der Waals surface area contributed by atoms with Crippen molar-refractivity contribution in [3.63, 3.8) is 0 Å². The third-order valence-corrected chi connectivity index (χ3v) is 2.45. The minimum Gasteiger partial charge on any atom is -0.443 e. The van der Waals surface area contributed by atoms with Crippen LogP contribution in [0.25, 0.3) is 0 Å². The second kappa shape index (κ2) is 5.17. The van der Waals surface area contributed by atoms with Crippen LogP contribution in [0.4, 0.5) is 0 Å². The molecule has 1 heterocycles. The summed E-state index contributed by atoms with van der Waals surface area (Å²) in [6.07, 6.45) is -8.18. The lowest BCUT2D eigenvalue weighted by Gasteiger charge is -2.23. The maximum atomic E-state index is 9.50. The summed E-state index contributed by atoms with van der Waals surface area (Å²) in [7, 11) is 1.26. The van der Waals surface area contributed by atoms with Crippen molar-refractivity contribution in [2.45, 2.75) is 36.8 Å². The fourth-order valence-corrected chi connectivity index (χ4v) is 1.48. The molecule has 7 nitrogen and oxygen atoms in total. The number of methoxy groups -OCH3 is 1. The van der Waals surface area contributed by atoms with E-state index in [1.807, 2.05) is 0 Å². The Balaban J connectivity index is 2.85. The Morgan fingerprint density at radius 1 is 1.07 bits per heavy atom. The first-order chi connectivity index (χ1) is 7.02. The largest absolute Gasteiger partial charge is 0.443 e. The van der Waals surface area contributed by atoms with Gasteiger partial charge in [0.15, 0.2) is 19.0 Å². The summed E-state index contributed by atoms with van der Waals surface area (Å²) in [5, 5.41) is 44.9. The van der Waals surface area contributed by atoms with Gasteiger partial charge in [-0.3, -0.25) is 0 Å². The van der Waals surface area contributed by atoms with E-state index in [1.54, 1.807) is 0 Å². The predicted molar refractivity (Wildman–Crippen MR) is 48.2 cm³/mol. The maximum absolute atomic E-state index is 9.50. The second-order valence-corrected chi connectivity index (χ2v) is 3.45. The van der Waals surface area contributed by atoms with E-state index in [0.29, 0.717) is 0 Å². The van der Waals surface area contributed by atoms with Crippen LogP contribution in [0.5, 0.6) is 0 Å². The Hall–Kier alpha value is -0.280. The van der Waals surface area contributed by atoms with Crippen molar-refractivity contribution in [2.75, 3.05) is 13.7 Å². The standard InChI is InChI=1S/C8H16O7/c1-14-8-7(13)6(12)5(11)4(10)3(2-9)15-8/h3-13H,2H2,1H3/p+1/t3-,4-,5+,6-,7-,8-/m1/s1. The van der Waals surface area contributed by atoms with Crippen LogP contribution in [-0.2, 0) is 9.47 Å². The van der Waals surface area contributed by atoms with Crippen molar-refractivity contribution in [2.24, 2.45) is 0 Å². The lowest BCUT2D eigenvalue weighted by atomic mass is 10.0. The molecule has 1 saturated heterocycles. The molecule has 1 fully saturated rings. The van der Waals surface area contributed by atoms with E-state index in [4.69, 9.17) is 14.6 Å². The number of hydrogen-bond acceptors (Lipinski definition) is 6. The van der Waals surface area contributed by atoms with Gasteiger partial charge in [0.1, 0.15) is 24.4 Å². The van der Waals surface area contributed by atoms with Crippen LogP contribution >= 0.6 is 0 Å². The molecule has 1 aliphatic rings. The molecule has 0 unspecified atom stereocenters. The Labute approximate surface area is 86.5 Å². The van der Waals surface area contributed by atoms with Crippen molar-refractivity contribution in [3.05, 3.63) is 0 Å². The maximum Gasteiger partial charge on any atom is 0.186 e. The molecule has 0 aromatic carbocycles. The van der Waals surface area contributed by atoms with Gasteiger partial charge in [-0.1, -0.05) is 0 Å². The molecule has 0 aliphatic carbocycles. The van der Waals surface area contributed by atoms with Gasteiger partial charge in [-0.15, -0.1) is 0 Å². The van der Waals surface area contributed by atoms with Crippen LogP contribution in [0.3, 0.4) is 0 Å². The Bertz CT molecular complexity index is 170. The van der Waals surface area contributed by atoms with Gasteiger partial charge in [-0.05, 0) is 0 Å². The summed E-state index contributed by atoms with van der Waals surface area (Å²) in [5.41, 5.74) is 0. The van der Waals surface area contributed by atoms with E-state index in [1.165, 1.54) is 7.11 Å². The number of hydrogen-bond donors (Lipinski definition) is 4. The minimum absolute atomic E-state index is 0.308. The van der Waals surface area contributed by atoms with Crippen molar-refractivity contribution in [1.82, 2.24) is 0 Å². The predicted octanol–water partition coefficient (Wildman–Crippen LogP) is -3.47. The van der Waals surface area contributed by atoms with Gasteiger partial charge < -0.3 is 35.0 Å². The molecule has 0 aromatic heterocycles. The molecule has 7 heteroatoms. The monoisotopic (exact) mass is 225 g/mol. The number of aliphatic hydroxyl groups is 4. The number of aliphatic hydroxyl groups excluding tert-OH is 4. The van der Waals surface area contributed by atoms with Gasteiger partial charge in [0.2, 0.25) is 0 Å². The highest BCUT2D eigenvalue weighted by molar-refractivity contribution is 4.90. The molecule has 90 valence electrons. The molecule has 0 bridgehead atoms. The van der Waals surface area contributed by atoms with Gasteiger partial charge in [0, 0.05) is 7.11 Å². The summed E-state index contributed by atoms with van der Waals surface area (Å²) in [4.78, 5) is 0. The topological polar surface area (TPSA) is 122 Å². The molecule has 15 heavy (non-hydrogen) atoms. The highest BCUT2D eigenvalue weighted by atomic mass is 16.7. The lowest BCUT2D eigenvalue weighted by molar-refractivity contribution is -0.221. The van der Waals surface area contributed by atoms with Gasteiger partial charge in [-0.2, -0.15) is 0 Å². The number of rotatable bonds is 2. The fraction of sp³-hybridized carbons (Fsp3) is 1.00. The minimum atomic E-state index is -1.57. The molecule has 6 atom stereocenters. The smallest absolute Gasteiger partial charge is 0.186 e. The molecule has 0 spiro atoms. The van der Waals surface area contributed by atoms with Crippen molar-refractivity contribution >= 4 is 0 Å². The summed E-state index contributed by atoms with van der Waals surface area (Å²) >= 11 is 0. The number of ether oxygens (including phenoxy) is 2. The van der Waals surface area contributed by atoms with Crippen LogP contribution in [0.1, 0.15) is 0 Å². The quantitative estimate of drug-likeness (QED) is 0.362. The highest BCUT2D eigenvalue weighted by Gasteiger charge is 2.45. The lowest BCUT2D eigenvalue weighted by Crippen LogP contribution is -2.47. The Morgan fingerprint density at radius 3 is 2.07 bits per heavy atom. The van der Waals surface area contributed by atoms with E-state index in [9.17, 15) is 20.4 Å². The van der Waals surface area contributed by atoms with Crippen molar-refractivity contribution < 1.29 is 35.0 Å². The van der Waals surface area contributed by atoms with Crippen LogP contribution < -0.4 is 0 Å². The zero-order chi connectivity index (χ0) is 11.6. The summed E-state index contributed by atoms with van der Waals surface area (Å²) in [5.74, 6) is 0. The van der Waals surface area contributed by atoms with Crippen LogP contribution in [-0.4, -0.2) is 76.1 Å². The molecule has 1 aliphatic heterocycles. The normalized spacial score (nSPS) is 47.6. The molecule has 0 amide bonds. The third kappa shape index (κ3) is 2.45. The van der Waals surface area contributed by atoms with Gasteiger partial charge in [-0.25, -0.2) is 0 Å². The van der Waals surface area contributed by atoms with E-state index < -0.39 is 36.8 Å². The summed E-state index contributed by atoms with van der Waals surface area (Å²) in [6.45, 7) is -0.308. The zero-order valence-electron chi connectivity index (χ0n) is 8.28. The molecule has 1 rings (SSSR count). The van der Waals surface area contributed by atoms with Crippen molar-refractivity contribution in [3.8, 4) is 0 Å². The van der Waals surface area contributed by atoms with Gasteiger partial charge in [0.25, 0.3) is 0 Å². The highest BCUT2D eigenvalue weighted by Crippen LogP contribution is 2.21. The Morgan fingerprint density at radius 2 is 1.60 bits per heavy atom. The fourth-order valence-electron chi connectivity index (χ4n) is 1.48. The molecule has 0 radical (unpaired) electrons. The van der Waals surface area contributed by atoms with E-state index in [2.05, 4.69) is 0 Å². The van der Waals surface area contributed by atoms with E-state index in [0.717, 1.165) is 0 Å². The first-order valence-electron chi connectivity index (χ1n) is 4.58. The second-order valence-electron chi connectivity index (χ2n) is 3.45. The van der Waals surface area contributed by atoms with Gasteiger partial charge >= 0.3 is 0 Å². The average Bonchev–Trinajstić information content (AvgIpc) is 2.33. The Kier molecular flexibility index (Phi) is 4.41. The van der Waals surface area contributed by atoms with Gasteiger partial charge in [0.05, 0.1) is 0 Å². The van der Waals surface area contributed by atoms with Crippen LogP contribution in [0.2, 0.25) is 0 Å². The summed E-state index contributed by atoms with van der Waals surface area (Å²) < 4.78 is 9.79. The molecule has 0 saturated carbocycles. The molecular formula is C8H17O7+. The van der Waals surface area contributed by atoms with Crippen molar-refractivity contribution in [1.29, 1.82) is 0 Å². The van der Waals surface area contributed by atoms with Crippen LogP contribution in [0, 0.1) is 0 Å². The molecular weight excluding hydrogens is 208 g/mol. The van der Waals surface area contributed by atoms with Crippen LogP contribution in [0.15, 0.2) is 0 Å². The summed E-state index contributed by atoms with van der Waals surface area (Å²) in [6, 6.07) is 0. The first-order valence-corrected chi connectivity index (χ1v) is 4.58. The van der Waals surface area contributed by atoms with E-state index in [-0.39, 0.29) is 6.61 Å².